The zero-order valence-corrected chi connectivity index (χ0v) is 11.1. The molecular formula is C12H22N2OS. The molecule has 0 aliphatic carbocycles. The van der Waals surface area contributed by atoms with E-state index < -0.39 is 5.60 Å². The minimum Gasteiger partial charge on any atom is -0.398 e. The molecule has 1 unspecified atom stereocenters. The molecule has 0 aliphatic rings. The van der Waals surface area contributed by atoms with Gasteiger partial charge in [0.05, 0.1) is 5.60 Å². The minimum absolute atomic E-state index is 0.503. The monoisotopic (exact) mass is 242 g/mol. The van der Waals surface area contributed by atoms with Crippen LogP contribution in [0.3, 0.4) is 0 Å². The summed E-state index contributed by atoms with van der Waals surface area (Å²) < 4.78 is 0. The largest absolute Gasteiger partial charge is 0.398 e. The van der Waals surface area contributed by atoms with Crippen molar-refractivity contribution in [1.82, 2.24) is 5.32 Å². The molecule has 16 heavy (non-hydrogen) atoms. The Labute approximate surface area is 102 Å². The average molecular weight is 242 g/mol. The number of hydrogen-bond donors (Lipinski definition) is 3. The molecule has 1 heterocycles. The Bertz CT molecular complexity index is 321. The molecule has 0 bridgehead atoms. The van der Waals surface area contributed by atoms with E-state index in [4.69, 9.17) is 5.73 Å². The maximum absolute atomic E-state index is 10.1. The van der Waals surface area contributed by atoms with Crippen molar-refractivity contribution in [2.75, 3.05) is 12.3 Å². The second kappa shape index (κ2) is 5.66. The van der Waals surface area contributed by atoms with E-state index in [1.165, 1.54) is 0 Å². The van der Waals surface area contributed by atoms with Gasteiger partial charge in [-0.05, 0) is 30.7 Å². The highest BCUT2D eigenvalue weighted by molar-refractivity contribution is 7.10. The molecule has 0 amide bonds. The van der Waals surface area contributed by atoms with E-state index in [-0.39, 0.29) is 0 Å². The fourth-order valence-electron chi connectivity index (χ4n) is 1.89. The summed E-state index contributed by atoms with van der Waals surface area (Å²) in [6.07, 6.45) is 0.805. The Hall–Kier alpha value is -0.580. The second-order valence-electron chi connectivity index (χ2n) is 5.00. The quantitative estimate of drug-likeness (QED) is 0.717. The third-order valence-corrected chi connectivity index (χ3v) is 3.36. The molecule has 0 aliphatic heterocycles. The molecule has 1 rings (SSSR count). The van der Waals surface area contributed by atoms with Gasteiger partial charge >= 0.3 is 0 Å². The number of nitrogen functional groups attached to an aromatic ring is 1. The van der Waals surface area contributed by atoms with E-state index in [9.17, 15) is 5.11 Å². The lowest BCUT2D eigenvalue weighted by atomic mass is 9.94. The fourth-order valence-corrected chi connectivity index (χ4v) is 2.66. The first kappa shape index (κ1) is 13.5. The van der Waals surface area contributed by atoms with Crippen LogP contribution in [0.1, 0.15) is 32.1 Å². The van der Waals surface area contributed by atoms with Crippen molar-refractivity contribution in [3.63, 3.8) is 0 Å². The Morgan fingerprint density at radius 3 is 2.75 bits per heavy atom. The number of anilines is 1. The highest BCUT2D eigenvalue weighted by Gasteiger charge is 2.21. The fraction of sp³-hybridized carbons (Fsp3) is 0.667. The van der Waals surface area contributed by atoms with Gasteiger partial charge in [0, 0.05) is 23.7 Å². The van der Waals surface area contributed by atoms with Gasteiger partial charge in [-0.25, -0.2) is 0 Å². The predicted molar refractivity (Wildman–Crippen MR) is 70.5 cm³/mol. The summed E-state index contributed by atoms with van der Waals surface area (Å²) in [7, 11) is 0. The van der Waals surface area contributed by atoms with Crippen molar-refractivity contribution in [2.45, 2.75) is 39.3 Å². The summed E-state index contributed by atoms with van der Waals surface area (Å²) in [4.78, 5) is 1.14. The summed E-state index contributed by atoms with van der Waals surface area (Å²) >= 11 is 1.64. The Kier molecular flexibility index (Phi) is 4.77. The van der Waals surface area contributed by atoms with Crippen LogP contribution in [-0.2, 0) is 6.54 Å². The summed E-state index contributed by atoms with van der Waals surface area (Å²) in [5, 5.41) is 15.3. The van der Waals surface area contributed by atoms with Crippen LogP contribution in [0.15, 0.2) is 11.4 Å². The second-order valence-corrected chi connectivity index (χ2v) is 6.00. The van der Waals surface area contributed by atoms with Crippen molar-refractivity contribution in [1.29, 1.82) is 0 Å². The Morgan fingerprint density at radius 1 is 1.56 bits per heavy atom. The number of nitrogens with one attached hydrogen (secondary N) is 1. The molecule has 4 heteroatoms. The zero-order chi connectivity index (χ0) is 12.2. The highest BCUT2D eigenvalue weighted by Crippen LogP contribution is 2.19. The summed E-state index contributed by atoms with van der Waals surface area (Å²) in [6.45, 7) is 7.44. The van der Waals surface area contributed by atoms with Crippen LogP contribution in [0.5, 0.6) is 0 Å². The van der Waals surface area contributed by atoms with Gasteiger partial charge in [0.2, 0.25) is 0 Å². The van der Waals surface area contributed by atoms with Crippen LogP contribution >= 0.6 is 11.3 Å². The average Bonchev–Trinajstić information content (AvgIpc) is 2.49. The predicted octanol–water partition coefficient (Wildman–Crippen LogP) is 2.22. The highest BCUT2D eigenvalue weighted by atomic mass is 32.1. The number of aliphatic hydroxyl groups is 1. The topological polar surface area (TPSA) is 58.3 Å². The molecule has 0 radical (unpaired) electrons. The van der Waals surface area contributed by atoms with Crippen molar-refractivity contribution >= 4 is 17.0 Å². The first-order valence-corrected chi connectivity index (χ1v) is 6.53. The van der Waals surface area contributed by atoms with Crippen LogP contribution in [-0.4, -0.2) is 17.3 Å². The van der Waals surface area contributed by atoms with Gasteiger partial charge in [-0.1, -0.05) is 13.8 Å². The molecule has 1 aromatic heterocycles. The molecule has 0 aromatic carbocycles. The van der Waals surface area contributed by atoms with Gasteiger partial charge in [0.25, 0.3) is 0 Å². The molecule has 92 valence electrons. The molecule has 1 aromatic rings. The van der Waals surface area contributed by atoms with Crippen molar-refractivity contribution in [3.8, 4) is 0 Å². The third-order valence-electron chi connectivity index (χ3n) is 2.42. The summed E-state index contributed by atoms with van der Waals surface area (Å²) in [6, 6.07) is 1.91. The summed E-state index contributed by atoms with van der Waals surface area (Å²) in [5.74, 6) is 0.503. The summed E-state index contributed by atoms with van der Waals surface area (Å²) in [5.41, 5.74) is 5.97. The minimum atomic E-state index is -0.639. The number of rotatable bonds is 6. The number of nitrogens with two attached hydrogens (primary N) is 1. The van der Waals surface area contributed by atoms with Gasteiger partial charge in [-0.15, -0.1) is 11.3 Å². The van der Waals surface area contributed by atoms with Gasteiger partial charge < -0.3 is 16.2 Å². The Balaban J connectivity index is 2.32. The van der Waals surface area contributed by atoms with Gasteiger partial charge in [0.15, 0.2) is 0 Å². The first-order valence-electron chi connectivity index (χ1n) is 5.65. The third kappa shape index (κ3) is 4.51. The van der Waals surface area contributed by atoms with Gasteiger partial charge in [0.1, 0.15) is 0 Å². The lowest BCUT2D eigenvalue weighted by Gasteiger charge is -2.25. The molecule has 0 saturated carbocycles. The smallest absolute Gasteiger partial charge is 0.0746 e. The molecule has 0 saturated heterocycles. The molecule has 1 atom stereocenters. The first-order chi connectivity index (χ1) is 7.41. The molecule has 0 spiro atoms. The van der Waals surface area contributed by atoms with E-state index >= 15 is 0 Å². The van der Waals surface area contributed by atoms with Crippen molar-refractivity contribution < 1.29 is 5.11 Å². The van der Waals surface area contributed by atoms with E-state index in [0.717, 1.165) is 23.5 Å². The van der Waals surface area contributed by atoms with Crippen molar-refractivity contribution in [2.24, 2.45) is 5.92 Å². The van der Waals surface area contributed by atoms with Gasteiger partial charge in [-0.2, -0.15) is 0 Å². The normalized spacial score (nSPS) is 15.3. The van der Waals surface area contributed by atoms with E-state index in [1.54, 1.807) is 11.3 Å². The van der Waals surface area contributed by atoms with Crippen LogP contribution < -0.4 is 11.1 Å². The van der Waals surface area contributed by atoms with Gasteiger partial charge in [-0.3, -0.25) is 0 Å². The number of thiophene rings is 1. The van der Waals surface area contributed by atoms with Crippen LogP contribution in [0.2, 0.25) is 0 Å². The Morgan fingerprint density at radius 2 is 2.25 bits per heavy atom. The SMILES string of the molecule is CC(C)CC(C)(O)CNCc1sccc1N. The van der Waals surface area contributed by atoms with E-state index in [1.807, 2.05) is 18.4 Å². The van der Waals surface area contributed by atoms with Crippen LogP contribution in [0, 0.1) is 5.92 Å². The molecule has 3 nitrogen and oxygen atoms in total. The maximum Gasteiger partial charge on any atom is 0.0746 e. The number of hydrogen-bond acceptors (Lipinski definition) is 4. The lowest BCUT2D eigenvalue weighted by molar-refractivity contribution is 0.0384. The molecule has 4 N–H and O–H groups in total. The maximum atomic E-state index is 10.1. The van der Waals surface area contributed by atoms with E-state index in [2.05, 4.69) is 19.2 Å². The standard InChI is InChI=1S/C12H22N2OS/c1-9(2)6-12(3,15)8-14-7-11-10(13)4-5-16-11/h4-5,9,14-15H,6-8,13H2,1-3H3. The van der Waals surface area contributed by atoms with Crippen LogP contribution in [0.4, 0.5) is 5.69 Å². The lowest BCUT2D eigenvalue weighted by Crippen LogP contribution is -2.38. The van der Waals surface area contributed by atoms with Crippen LogP contribution in [0.25, 0.3) is 0 Å². The molecule has 0 fully saturated rings. The zero-order valence-electron chi connectivity index (χ0n) is 10.3. The molecular weight excluding hydrogens is 220 g/mol. The van der Waals surface area contributed by atoms with Crippen molar-refractivity contribution in [3.05, 3.63) is 16.3 Å². The van der Waals surface area contributed by atoms with E-state index in [0.29, 0.717) is 12.5 Å².